The summed E-state index contributed by atoms with van der Waals surface area (Å²) in [5.41, 5.74) is 5.73. The Morgan fingerprint density at radius 3 is 2.58 bits per heavy atom. The second-order valence-electron chi connectivity index (χ2n) is 4.79. The van der Waals surface area contributed by atoms with E-state index >= 15 is 0 Å². The number of thioether (sulfide) groups is 1. The van der Waals surface area contributed by atoms with E-state index < -0.39 is 0 Å². The highest BCUT2D eigenvalue weighted by molar-refractivity contribution is 8.00. The van der Waals surface area contributed by atoms with E-state index in [4.69, 9.17) is 10.5 Å². The molecule has 0 aliphatic carbocycles. The van der Waals surface area contributed by atoms with E-state index in [1.165, 1.54) is 0 Å². The Kier molecular flexibility index (Phi) is 4.68. The van der Waals surface area contributed by atoms with Crippen molar-refractivity contribution in [3.8, 4) is 6.01 Å². The van der Waals surface area contributed by atoms with Gasteiger partial charge in [0.1, 0.15) is 0 Å². The zero-order valence-electron chi connectivity index (χ0n) is 11.7. The highest BCUT2D eigenvalue weighted by atomic mass is 32.2. The average molecular weight is 283 g/mol. The summed E-state index contributed by atoms with van der Waals surface area (Å²) in [4.78, 5) is 14.7. The van der Waals surface area contributed by atoms with Gasteiger partial charge < -0.3 is 15.4 Å². The Hall–Kier alpha value is -1.24. The summed E-state index contributed by atoms with van der Waals surface area (Å²) in [6, 6.07) is 0.322. The van der Waals surface area contributed by atoms with E-state index in [0.717, 1.165) is 19.5 Å². The minimum absolute atomic E-state index is 0.217. The number of ether oxygens (including phenoxy) is 1. The van der Waals surface area contributed by atoms with Crippen molar-refractivity contribution in [1.29, 1.82) is 0 Å². The molecule has 2 N–H and O–H groups in total. The summed E-state index contributed by atoms with van der Waals surface area (Å²) in [6.07, 6.45) is 0.912. The smallest absolute Gasteiger partial charge is 0.323 e. The number of rotatable bonds is 4. The lowest BCUT2D eigenvalue weighted by molar-refractivity contribution is 0.292. The first-order valence-corrected chi connectivity index (χ1v) is 7.57. The van der Waals surface area contributed by atoms with E-state index in [-0.39, 0.29) is 5.95 Å². The second-order valence-corrected chi connectivity index (χ2v) is 6.67. The van der Waals surface area contributed by atoms with Gasteiger partial charge in [0.25, 0.3) is 0 Å². The van der Waals surface area contributed by atoms with Gasteiger partial charge in [-0.1, -0.05) is 20.8 Å². The summed E-state index contributed by atoms with van der Waals surface area (Å²) in [5.74, 6) is 0.840. The number of nitrogen functional groups attached to an aromatic ring is 1. The monoisotopic (exact) mass is 283 g/mol. The van der Waals surface area contributed by atoms with Crippen LogP contribution in [0.25, 0.3) is 0 Å². The molecule has 1 aromatic heterocycles. The first kappa shape index (κ1) is 14.2. The Labute approximate surface area is 118 Å². The lowest BCUT2D eigenvalue weighted by Gasteiger charge is -2.34. The van der Waals surface area contributed by atoms with Gasteiger partial charge in [-0.2, -0.15) is 26.7 Å². The van der Waals surface area contributed by atoms with Gasteiger partial charge in [0.15, 0.2) is 0 Å². The largest absolute Gasteiger partial charge is 0.463 e. The van der Waals surface area contributed by atoms with Crippen LogP contribution in [0.2, 0.25) is 0 Å². The average Bonchev–Trinajstić information content (AvgIpc) is 2.34. The molecule has 1 aromatic rings. The van der Waals surface area contributed by atoms with Gasteiger partial charge in [0.05, 0.1) is 6.61 Å². The normalized spacial score (nSPS) is 23.4. The molecule has 1 fully saturated rings. The summed E-state index contributed by atoms with van der Waals surface area (Å²) in [6.45, 7) is 8.90. The predicted octanol–water partition coefficient (Wildman–Crippen LogP) is 1.57. The molecule has 2 unspecified atom stereocenters. The van der Waals surface area contributed by atoms with Crippen LogP contribution in [0.15, 0.2) is 0 Å². The molecule has 0 bridgehead atoms. The van der Waals surface area contributed by atoms with Crippen molar-refractivity contribution in [2.24, 2.45) is 0 Å². The van der Waals surface area contributed by atoms with Crippen LogP contribution in [0, 0.1) is 0 Å². The summed E-state index contributed by atoms with van der Waals surface area (Å²) in [5, 5.41) is 1.11. The molecule has 1 aliphatic rings. The van der Waals surface area contributed by atoms with Crippen LogP contribution in [0.1, 0.15) is 27.2 Å². The molecule has 106 valence electrons. The molecule has 0 spiro atoms. The third-order valence-electron chi connectivity index (χ3n) is 2.76. The van der Waals surface area contributed by atoms with Crippen molar-refractivity contribution < 1.29 is 4.74 Å². The minimum Gasteiger partial charge on any atom is -0.463 e. The minimum atomic E-state index is 0.217. The van der Waals surface area contributed by atoms with E-state index in [9.17, 15) is 0 Å². The zero-order valence-corrected chi connectivity index (χ0v) is 12.5. The van der Waals surface area contributed by atoms with Gasteiger partial charge in [-0.3, -0.25) is 0 Å². The molecule has 0 radical (unpaired) electrons. The van der Waals surface area contributed by atoms with Crippen molar-refractivity contribution in [2.75, 3.05) is 30.3 Å². The summed E-state index contributed by atoms with van der Waals surface area (Å²) in [7, 11) is 0. The third kappa shape index (κ3) is 3.86. The molecular weight excluding hydrogens is 262 g/mol. The van der Waals surface area contributed by atoms with Crippen LogP contribution in [-0.4, -0.2) is 45.1 Å². The molecule has 6 nitrogen and oxygen atoms in total. The molecule has 2 atom stereocenters. The Bertz CT molecular complexity index is 421. The molecular formula is C12H21N5OS. The zero-order chi connectivity index (χ0) is 13.8. The van der Waals surface area contributed by atoms with Gasteiger partial charge in [-0.05, 0) is 6.42 Å². The Morgan fingerprint density at radius 2 is 1.95 bits per heavy atom. The van der Waals surface area contributed by atoms with E-state index in [2.05, 4.69) is 33.7 Å². The number of aromatic nitrogens is 3. The SMILES string of the molecule is CCCOc1nc(N)nc(N2CC(C)SC(C)C2)n1. The predicted molar refractivity (Wildman–Crippen MR) is 78.8 cm³/mol. The van der Waals surface area contributed by atoms with Gasteiger partial charge in [-0.15, -0.1) is 0 Å². The fourth-order valence-corrected chi connectivity index (χ4v) is 3.43. The molecule has 2 rings (SSSR count). The second kappa shape index (κ2) is 6.27. The first-order valence-electron chi connectivity index (χ1n) is 6.63. The highest BCUT2D eigenvalue weighted by Gasteiger charge is 2.24. The number of anilines is 2. The van der Waals surface area contributed by atoms with Crippen molar-refractivity contribution >= 4 is 23.7 Å². The Balaban J connectivity index is 2.16. The molecule has 0 amide bonds. The summed E-state index contributed by atoms with van der Waals surface area (Å²) < 4.78 is 5.45. The van der Waals surface area contributed by atoms with Crippen molar-refractivity contribution in [3.63, 3.8) is 0 Å². The maximum absolute atomic E-state index is 5.73. The number of hydrogen-bond donors (Lipinski definition) is 1. The van der Waals surface area contributed by atoms with Crippen LogP contribution in [0.3, 0.4) is 0 Å². The molecule has 1 saturated heterocycles. The van der Waals surface area contributed by atoms with Gasteiger partial charge in [0, 0.05) is 23.6 Å². The number of hydrogen-bond acceptors (Lipinski definition) is 7. The van der Waals surface area contributed by atoms with Crippen LogP contribution in [-0.2, 0) is 0 Å². The maximum atomic E-state index is 5.73. The lowest BCUT2D eigenvalue weighted by Crippen LogP contribution is -2.41. The van der Waals surface area contributed by atoms with E-state index in [1.807, 2.05) is 18.7 Å². The summed E-state index contributed by atoms with van der Waals surface area (Å²) >= 11 is 1.99. The number of nitrogens with two attached hydrogens (primary N) is 1. The Morgan fingerprint density at radius 1 is 1.26 bits per heavy atom. The van der Waals surface area contributed by atoms with Gasteiger partial charge in [-0.25, -0.2) is 0 Å². The molecule has 19 heavy (non-hydrogen) atoms. The molecule has 0 aromatic carbocycles. The van der Waals surface area contributed by atoms with Crippen molar-refractivity contribution in [2.45, 2.75) is 37.7 Å². The van der Waals surface area contributed by atoms with Crippen molar-refractivity contribution in [1.82, 2.24) is 15.0 Å². The lowest BCUT2D eigenvalue weighted by atomic mass is 10.3. The van der Waals surface area contributed by atoms with Crippen LogP contribution in [0.4, 0.5) is 11.9 Å². The van der Waals surface area contributed by atoms with E-state index in [0.29, 0.717) is 29.1 Å². The van der Waals surface area contributed by atoms with Crippen LogP contribution < -0.4 is 15.4 Å². The standard InChI is InChI=1S/C12H21N5OS/c1-4-5-18-12-15-10(13)14-11(16-12)17-6-8(2)19-9(3)7-17/h8-9H,4-7H2,1-3H3,(H2,13,14,15,16). The van der Waals surface area contributed by atoms with Gasteiger partial charge >= 0.3 is 6.01 Å². The highest BCUT2D eigenvalue weighted by Crippen LogP contribution is 2.27. The topological polar surface area (TPSA) is 77.2 Å². The fourth-order valence-electron chi connectivity index (χ4n) is 2.10. The molecule has 1 aliphatic heterocycles. The quantitative estimate of drug-likeness (QED) is 0.898. The fraction of sp³-hybridized carbons (Fsp3) is 0.750. The van der Waals surface area contributed by atoms with Gasteiger partial charge in [0.2, 0.25) is 11.9 Å². The van der Waals surface area contributed by atoms with Crippen LogP contribution in [0.5, 0.6) is 6.01 Å². The molecule has 2 heterocycles. The van der Waals surface area contributed by atoms with Crippen molar-refractivity contribution in [3.05, 3.63) is 0 Å². The first-order chi connectivity index (χ1) is 9.08. The molecule has 0 saturated carbocycles. The van der Waals surface area contributed by atoms with Crippen LogP contribution >= 0.6 is 11.8 Å². The third-order valence-corrected chi connectivity index (χ3v) is 3.99. The maximum Gasteiger partial charge on any atom is 0.323 e. The van der Waals surface area contributed by atoms with E-state index in [1.54, 1.807) is 0 Å². The molecule has 7 heteroatoms. The number of nitrogens with zero attached hydrogens (tertiary/aromatic N) is 4.